The minimum absolute atomic E-state index is 0.199. The molecule has 1 heterocycles. The summed E-state index contributed by atoms with van der Waals surface area (Å²) in [6.45, 7) is 0. The number of nitrogens with zero attached hydrogens (tertiary/aromatic N) is 1. The van der Waals surface area contributed by atoms with Crippen molar-refractivity contribution in [2.45, 2.75) is 6.42 Å². The topological polar surface area (TPSA) is 51.5 Å². The summed E-state index contributed by atoms with van der Waals surface area (Å²) < 4.78 is 6.56. The van der Waals surface area contributed by atoms with Crippen molar-refractivity contribution in [2.75, 3.05) is 7.11 Å². The van der Waals surface area contributed by atoms with Crippen LogP contribution < -0.4 is 0 Å². The summed E-state index contributed by atoms with van der Waals surface area (Å²) >= 11 is 0. The van der Waals surface area contributed by atoms with Crippen LogP contribution in [0.1, 0.15) is 5.56 Å². The third-order valence-corrected chi connectivity index (χ3v) is 2.62. The molecule has 4 nitrogen and oxygen atoms in total. The third-order valence-electron chi connectivity index (χ3n) is 2.62. The van der Waals surface area contributed by atoms with Gasteiger partial charge in [0.05, 0.1) is 13.5 Å². The number of benzene rings is 1. The highest BCUT2D eigenvalue weighted by Gasteiger charge is 2.11. The second-order valence-electron chi connectivity index (χ2n) is 3.72. The predicted molar refractivity (Wildman–Crippen MR) is 60.3 cm³/mol. The van der Waals surface area contributed by atoms with E-state index in [1.807, 2.05) is 23.9 Å². The first-order valence-electron chi connectivity index (χ1n) is 4.95. The number of ether oxygens (including phenoxy) is 1. The molecule has 0 bridgehead atoms. The Morgan fingerprint density at radius 1 is 1.50 bits per heavy atom. The van der Waals surface area contributed by atoms with Gasteiger partial charge in [-0.25, -0.2) is 0 Å². The molecule has 2 rings (SSSR count). The first-order valence-corrected chi connectivity index (χ1v) is 4.95. The first kappa shape index (κ1) is 10.5. The van der Waals surface area contributed by atoms with E-state index in [0.29, 0.717) is 0 Å². The largest absolute Gasteiger partial charge is 0.508 e. The van der Waals surface area contributed by atoms with Crippen molar-refractivity contribution in [3.8, 4) is 5.75 Å². The van der Waals surface area contributed by atoms with E-state index in [2.05, 4.69) is 4.74 Å². The molecule has 0 fully saturated rings. The van der Waals surface area contributed by atoms with Gasteiger partial charge >= 0.3 is 5.97 Å². The molecular formula is C12H13NO3. The van der Waals surface area contributed by atoms with E-state index in [9.17, 15) is 9.90 Å². The van der Waals surface area contributed by atoms with Crippen LogP contribution in [0.3, 0.4) is 0 Å². The predicted octanol–water partition coefficient (Wildman–Crippen LogP) is 1.60. The summed E-state index contributed by atoms with van der Waals surface area (Å²) in [5.41, 5.74) is 1.84. The molecule has 4 heteroatoms. The Balaban J connectivity index is 2.52. The van der Waals surface area contributed by atoms with Gasteiger partial charge in [-0.05, 0) is 23.8 Å². The maximum absolute atomic E-state index is 11.2. The average molecular weight is 219 g/mol. The molecule has 0 spiro atoms. The van der Waals surface area contributed by atoms with Gasteiger partial charge in [-0.15, -0.1) is 0 Å². The molecule has 0 aliphatic carbocycles. The number of hydrogen-bond donors (Lipinski definition) is 1. The lowest BCUT2D eigenvalue weighted by atomic mass is 10.1. The molecule has 0 unspecified atom stereocenters. The minimum Gasteiger partial charge on any atom is -0.508 e. The Bertz CT molecular complexity index is 542. The van der Waals surface area contributed by atoms with Crippen molar-refractivity contribution >= 4 is 16.9 Å². The number of rotatable bonds is 2. The number of esters is 1. The normalized spacial score (nSPS) is 10.6. The van der Waals surface area contributed by atoms with Crippen LogP contribution in [0.5, 0.6) is 5.75 Å². The van der Waals surface area contributed by atoms with Gasteiger partial charge in [-0.3, -0.25) is 4.79 Å². The molecule has 0 aliphatic heterocycles. The highest BCUT2D eigenvalue weighted by atomic mass is 16.5. The number of aromatic hydroxyl groups is 1. The summed E-state index contributed by atoms with van der Waals surface area (Å²) in [6, 6.07) is 5.11. The van der Waals surface area contributed by atoms with Crippen LogP contribution in [0.25, 0.3) is 10.9 Å². The Morgan fingerprint density at radius 2 is 2.25 bits per heavy atom. The maximum atomic E-state index is 11.2. The van der Waals surface area contributed by atoms with E-state index in [4.69, 9.17) is 0 Å². The smallest absolute Gasteiger partial charge is 0.310 e. The molecule has 1 aromatic carbocycles. The van der Waals surface area contributed by atoms with Crippen molar-refractivity contribution in [2.24, 2.45) is 7.05 Å². The van der Waals surface area contributed by atoms with Gasteiger partial charge in [-0.1, -0.05) is 0 Å². The number of fused-ring (bicyclic) bond motifs is 1. The zero-order chi connectivity index (χ0) is 11.7. The summed E-state index contributed by atoms with van der Waals surface area (Å²) in [5.74, 6) is -0.0827. The lowest BCUT2D eigenvalue weighted by Crippen LogP contribution is -2.03. The van der Waals surface area contributed by atoms with Gasteiger partial charge in [-0.2, -0.15) is 0 Å². The third kappa shape index (κ3) is 1.74. The maximum Gasteiger partial charge on any atom is 0.310 e. The number of phenols is 1. The van der Waals surface area contributed by atoms with Crippen LogP contribution in [-0.4, -0.2) is 22.8 Å². The van der Waals surface area contributed by atoms with Gasteiger partial charge < -0.3 is 14.4 Å². The second-order valence-corrected chi connectivity index (χ2v) is 3.72. The Hall–Kier alpha value is -1.97. The number of aryl methyl sites for hydroxylation is 1. The fourth-order valence-corrected chi connectivity index (χ4v) is 1.83. The molecule has 0 saturated heterocycles. The standard InChI is InChI=1S/C12H13NO3/c1-13-7-8(5-12(15)16-2)10-6-9(14)3-4-11(10)13/h3-4,6-7,14H,5H2,1-2H3. The number of carbonyl (C=O) groups is 1. The molecule has 84 valence electrons. The second kappa shape index (κ2) is 3.89. The Labute approximate surface area is 93.1 Å². The van der Waals surface area contributed by atoms with E-state index in [0.717, 1.165) is 16.5 Å². The molecule has 16 heavy (non-hydrogen) atoms. The summed E-state index contributed by atoms with van der Waals surface area (Å²) in [4.78, 5) is 11.2. The van der Waals surface area contributed by atoms with Gasteiger partial charge in [0.25, 0.3) is 0 Å². The van der Waals surface area contributed by atoms with Gasteiger partial charge in [0.15, 0.2) is 0 Å². The Morgan fingerprint density at radius 3 is 2.94 bits per heavy atom. The van der Waals surface area contributed by atoms with Gasteiger partial charge in [0, 0.05) is 24.1 Å². The van der Waals surface area contributed by atoms with Crippen molar-refractivity contribution in [3.63, 3.8) is 0 Å². The molecule has 0 amide bonds. The van der Waals surface area contributed by atoms with Gasteiger partial charge in [0.2, 0.25) is 0 Å². The number of methoxy groups -OCH3 is 1. The van der Waals surface area contributed by atoms with Crippen LogP contribution in [0, 0.1) is 0 Å². The van der Waals surface area contributed by atoms with Gasteiger partial charge in [0.1, 0.15) is 5.75 Å². The van der Waals surface area contributed by atoms with E-state index in [-0.39, 0.29) is 18.1 Å². The molecule has 0 atom stereocenters. The minimum atomic E-state index is -0.282. The number of carbonyl (C=O) groups excluding carboxylic acids is 1. The average Bonchev–Trinajstić information content (AvgIpc) is 2.55. The van der Waals surface area contributed by atoms with E-state index in [1.165, 1.54) is 7.11 Å². The lowest BCUT2D eigenvalue weighted by molar-refractivity contribution is -0.139. The Kier molecular flexibility index (Phi) is 2.56. The fourth-order valence-electron chi connectivity index (χ4n) is 1.83. The summed E-state index contributed by atoms with van der Waals surface area (Å²) in [6.07, 6.45) is 2.10. The van der Waals surface area contributed by atoms with E-state index in [1.54, 1.807) is 12.1 Å². The van der Waals surface area contributed by atoms with Crippen molar-refractivity contribution < 1.29 is 14.6 Å². The quantitative estimate of drug-likeness (QED) is 0.780. The summed E-state index contributed by atoms with van der Waals surface area (Å²) in [7, 11) is 3.27. The molecular weight excluding hydrogens is 206 g/mol. The number of aromatic nitrogens is 1. The molecule has 1 N–H and O–H groups in total. The molecule has 2 aromatic rings. The van der Waals surface area contributed by atoms with Crippen LogP contribution in [0.4, 0.5) is 0 Å². The first-order chi connectivity index (χ1) is 7.61. The zero-order valence-corrected chi connectivity index (χ0v) is 9.23. The van der Waals surface area contributed by atoms with E-state index < -0.39 is 0 Å². The number of hydrogen-bond acceptors (Lipinski definition) is 3. The monoisotopic (exact) mass is 219 g/mol. The highest BCUT2D eigenvalue weighted by molar-refractivity contribution is 5.88. The SMILES string of the molecule is COC(=O)Cc1cn(C)c2ccc(O)cc12. The lowest BCUT2D eigenvalue weighted by Gasteiger charge is -1.98. The van der Waals surface area contributed by atoms with Crippen molar-refractivity contribution in [1.29, 1.82) is 0 Å². The van der Waals surface area contributed by atoms with E-state index >= 15 is 0 Å². The molecule has 0 saturated carbocycles. The zero-order valence-electron chi connectivity index (χ0n) is 9.23. The molecule has 1 aromatic heterocycles. The highest BCUT2D eigenvalue weighted by Crippen LogP contribution is 2.25. The van der Waals surface area contributed by atoms with Crippen LogP contribution in [0.15, 0.2) is 24.4 Å². The summed E-state index contributed by atoms with van der Waals surface area (Å²) in [5, 5.41) is 10.3. The fraction of sp³-hybridized carbons (Fsp3) is 0.250. The van der Waals surface area contributed by atoms with Crippen molar-refractivity contribution in [1.82, 2.24) is 4.57 Å². The van der Waals surface area contributed by atoms with Crippen molar-refractivity contribution in [3.05, 3.63) is 30.0 Å². The van der Waals surface area contributed by atoms with Crippen LogP contribution >= 0.6 is 0 Å². The number of phenolic OH excluding ortho intramolecular Hbond substituents is 1. The van der Waals surface area contributed by atoms with Crippen LogP contribution in [0.2, 0.25) is 0 Å². The van der Waals surface area contributed by atoms with Crippen LogP contribution in [-0.2, 0) is 23.0 Å². The molecule has 0 aliphatic rings. The molecule has 0 radical (unpaired) electrons.